The smallest absolute Gasteiger partial charge is 0.270 e. The summed E-state index contributed by atoms with van der Waals surface area (Å²) in [5.74, 6) is -0.120. The first kappa shape index (κ1) is 20.5. The number of anilines is 1. The third-order valence-electron chi connectivity index (χ3n) is 5.03. The molecule has 2 fully saturated rings. The Morgan fingerprint density at radius 1 is 1.25 bits per heavy atom. The molecule has 3 rings (SSSR count). The van der Waals surface area contributed by atoms with E-state index in [0.29, 0.717) is 18.7 Å². The van der Waals surface area contributed by atoms with E-state index in [1.807, 2.05) is 0 Å². The van der Waals surface area contributed by atoms with Crippen LogP contribution in [0.5, 0.6) is 0 Å². The van der Waals surface area contributed by atoms with E-state index in [9.17, 15) is 23.3 Å². The van der Waals surface area contributed by atoms with E-state index >= 15 is 0 Å². The minimum atomic E-state index is -3.97. The number of carbonyl (C=O) groups is 1. The molecule has 2 aliphatic rings. The second-order valence-corrected chi connectivity index (χ2v) is 8.92. The molecule has 0 saturated carbocycles. The number of sulfonamides is 1. The Hall–Kier alpha value is -2.24. The average Bonchev–Trinajstić information content (AvgIpc) is 3.17. The summed E-state index contributed by atoms with van der Waals surface area (Å²) in [6.07, 6.45) is 1.34. The first-order valence-corrected chi connectivity index (χ1v) is 10.5. The van der Waals surface area contributed by atoms with Crippen LogP contribution in [0.2, 0.25) is 0 Å². The number of hydrogen-bond donors (Lipinski definition) is 0. The molecular weight excluding hydrogens is 388 g/mol. The minimum absolute atomic E-state index is 0.120. The van der Waals surface area contributed by atoms with Crippen molar-refractivity contribution in [3.63, 3.8) is 0 Å². The largest absolute Gasteiger partial charge is 0.379 e. The first-order chi connectivity index (χ1) is 13.2. The van der Waals surface area contributed by atoms with Crippen molar-refractivity contribution < 1.29 is 22.9 Å². The summed E-state index contributed by atoms with van der Waals surface area (Å²) in [6, 6.07) is 3.32. The second-order valence-electron chi connectivity index (χ2n) is 7.01. The van der Waals surface area contributed by atoms with Gasteiger partial charge in [0.15, 0.2) is 0 Å². The van der Waals surface area contributed by atoms with Crippen molar-refractivity contribution >= 4 is 27.3 Å². The van der Waals surface area contributed by atoms with Gasteiger partial charge in [0.1, 0.15) is 10.9 Å². The summed E-state index contributed by atoms with van der Waals surface area (Å²) in [4.78, 5) is 26.3. The number of nitro groups is 1. The number of nitrogens with zero attached hydrogens (tertiary/aromatic N) is 4. The van der Waals surface area contributed by atoms with Crippen LogP contribution in [0.25, 0.3) is 0 Å². The fraction of sp³-hybridized carbons (Fsp3) is 0.588. The van der Waals surface area contributed by atoms with Gasteiger partial charge >= 0.3 is 0 Å². The van der Waals surface area contributed by atoms with Gasteiger partial charge in [0.05, 0.1) is 23.8 Å². The molecule has 1 amide bonds. The van der Waals surface area contributed by atoms with Crippen LogP contribution in [0.3, 0.4) is 0 Å². The zero-order valence-corrected chi connectivity index (χ0v) is 16.7. The molecule has 1 unspecified atom stereocenters. The van der Waals surface area contributed by atoms with Gasteiger partial charge in [-0.15, -0.1) is 0 Å². The molecule has 1 aromatic carbocycles. The van der Waals surface area contributed by atoms with Crippen molar-refractivity contribution in [3.8, 4) is 0 Å². The van der Waals surface area contributed by atoms with Gasteiger partial charge in [-0.3, -0.25) is 14.9 Å². The molecule has 154 valence electrons. The Morgan fingerprint density at radius 3 is 2.54 bits per heavy atom. The quantitative estimate of drug-likeness (QED) is 0.516. The molecule has 0 N–H and O–H groups in total. The zero-order chi connectivity index (χ0) is 20.5. The Balaban J connectivity index is 2.08. The number of amides is 1. The molecule has 28 heavy (non-hydrogen) atoms. The van der Waals surface area contributed by atoms with Crippen LogP contribution in [0.4, 0.5) is 11.4 Å². The van der Waals surface area contributed by atoms with E-state index in [-0.39, 0.29) is 42.8 Å². The molecule has 0 bridgehead atoms. The fourth-order valence-corrected chi connectivity index (χ4v) is 5.22. The summed E-state index contributed by atoms with van der Waals surface area (Å²) < 4.78 is 33.0. The van der Waals surface area contributed by atoms with Crippen LogP contribution in [-0.2, 0) is 19.6 Å². The van der Waals surface area contributed by atoms with Gasteiger partial charge in [-0.25, -0.2) is 8.42 Å². The number of rotatable bonds is 5. The first-order valence-electron chi connectivity index (χ1n) is 9.07. The van der Waals surface area contributed by atoms with E-state index in [4.69, 9.17) is 4.74 Å². The summed E-state index contributed by atoms with van der Waals surface area (Å²) >= 11 is 0. The molecule has 1 aromatic rings. The molecule has 0 aromatic heterocycles. The lowest BCUT2D eigenvalue weighted by Gasteiger charge is -2.31. The molecule has 1 atom stereocenters. The van der Waals surface area contributed by atoms with Gasteiger partial charge in [-0.05, 0) is 18.9 Å². The van der Waals surface area contributed by atoms with Crippen LogP contribution >= 0.6 is 0 Å². The number of carbonyl (C=O) groups excluding carboxylic acids is 1. The van der Waals surface area contributed by atoms with Gasteiger partial charge < -0.3 is 14.5 Å². The predicted octanol–water partition coefficient (Wildman–Crippen LogP) is 0.673. The number of nitro benzene ring substituents is 1. The van der Waals surface area contributed by atoms with E-state index in [1.165, 1.54) is 21.3 Å². The summed E-state index contributed by atoms with van der Waals surface area (Å²) in [7, 11) is -0.668. The highest BCUT2D eigenvalue weighted by molar-refractivity contribution is 7.89. The van der Waals surface area contributed by atoms with Crippen LogP contribution in [-0.4, -0.2) is 81.4 Å². The molecule has 0 radical (unpaired) electrons. The highest BCUT2D eigenvalue weighted by Gasteiger charge is 2.37. The Morgan fingerprint density at radius 2 is 1.93 bits per heavy atom. The lowest BCUT2D eigenvalue weighted by atomic mass is 10.2. The monoisotopic (exact) mass is 412 g/mol. The second kappa shape index (κ2) is 8.02. The van der Waals surface area contributed by atoms with Crippen LogP contribution in [0, 0.1) is 10.1 Å². The highest BCUT2D eigenvalue weighted by Crippen LogP contribution is 2.36. The van der Waals surface area contributed by atoms with Crippen LogP contribution in [0.1, 0.15) is 12.8 Å². The maximum absolute atomic E-state index is 13.3. The minimum Gasteiger partial charge on any atom is -0.379 e. The van der Waals surface area contributed by atoms with Crippen molar-refractivity contribution in [2.24, 2.45) is 0 Å². The molecular formula is C17H24N4O6S. The highest BCUT2D eigenvalue weighted by atomic mass is 32.2. The van der Waals surface area contributed by atoms with Gasteiger partial charge in [-0.2, -0.15) is 4.31 Å². The van der Waals surface area contributed by atoms with E-state index in [1.54, 1.807) is 19.0 Å². The van der Waals surface area contributed by atoms with Crippen LogP contribution in [0.15, 0.2) is 23.1 Å². The number of benzene rings is 1. The predicted molar refractivity (Wildman–Crippen MR) is 102 cm³/mol. The van der Waals surface area contributed by atoms with Gasteiger partial charge in [-0.1, -0.05) is 0 Å². The van der Waals surface area contributed by atoms with E-state index < -0.39 is 21.0 Å². The van der Waals surface area contributed by atoms with Crippen molar-refractivity contribution in [1.29, 1.82) is 0 Å². The zero-order valence-electron chi connectivity index (χ0n) is 15.9. The molecule has 11 heteroatoms. The average molecular weight is 412 g/mol. The van der Waals surface area contributed by atoms with E-state index in [0.717, 1.165) is 12.5 Å². The van der Waals surface area contributed by atoms with Crippen molar-refractivity contribution in [1.82, 2.24) is 9.21 Å². The molecule has 2 aliphatic heterocycles. The summed E-state index contributed by atoms with van der Waals surface area (Å²) in [5.41, 5.74) is 0.0278. The Bertz CT molecular complexity index is 866. The van der Waals surface area contributed by atoms with Gasteiger partial charge in [0.25, 0.3) is 5.69 Å². The maximum Gasteiger partial charge on any atom is 0.270 e. The summed E-state index contributed by atoms with van der Waals surface area (Å²) in [5, 5.41) is 11.3. The maximum atomic E-state index is 13.3. The number of hydrogen-bond acceptors (Lipinski definition) is 7. The Labute approximate surface area is 163 Å². The Kier molecular flexibility index (Phi) is 5.87. The lowest BCUT2D eigenvalue weighted by Crippen LogP contribution is -2.44. The fourth-order valence-electron chi connectivity index (χ4n) is 3.60. The molecule has 2 saturated heterocycles. The van der Waals surface area contributed by atoms with Gasteiger partial charge in [0.2, 0.25) is 15.9 Å². The van der Waals surface area contributed by atoms with E-state index in [2.05, 4.69) is 0 Å². The third-order valence-corrected chi connectivity index (χ3v) is 6.96. The topological polar surface area (TPSA) is 113 Å². The summed E-state index contributed by atoms with van der Waals surface area (Å²) in [6.45, 7) is 1.42. The molecule has 0 spiro atoms. The van der Waals surface area contributed by atoms with Crippen LogP contribution < -0.4 is 4.90 Å². The third kappa shape index (κ3) is 3.82. The van der Waals surface area contributed by atoms with Crippen molar-refractivity contribution in [2.45, 2.75) is 23.8 Å². The number of morpholine rings is 1. The SMILES string of the molecule is CN(C)C(=O)C1CCCN1c1ccc([N+](=O)[O-])cc1S(=O)(=O)N1CCOCC1. The number of ether oxygens (including phenoxy) is 1. The lowest BCUT2D eigenvalue weighted by molar-refractivity contribution is -0.385. The molecule has 2 heterocycles. The standard InChI is InChI=1S/C17H24N4O6S/c1-18(2)17(22)15-4-3-7-20(15)14-6-5-13(21(23)24)12-16(14)28(25,26)19-8-10-27-11-9-19/h5-6,12,15H,3-4,7-11H2,1-2H3. The van der Waals surface area contributed by atoms with Crippen molar-refractivity contribution in [2.75, 3.05) is 51.8 Å². The van der Waals surface area contributed by atoms with Gasteiger partial charge in [0, 0.05) is 45.9 Å². The normalized spacial score (nSPS) is 20.9. The van der Waals surface area contributed by atoms with Crippen molar-refractivity contribution in [3.05, 3.63) is 28.3 Å². The molecule has 10 nitrogen and oxygen atoms in total. The number of non-ortho nitro benzene ring substituents is 1. The number of likely N-dealkylation sites (N-methyl/N-ethyl adjacent to an activating group) is 1. The molecule has 0 aliphatic carbocycles.